The maximum atomic E-state index is 12.7. The van der Waals surface area contributed by atoms with E-state index in [1.807, 2.05) is 30.3 Å². The van der Waals surface area contributed by atoms with Crippen LogP contribution in [0.3, 0.4) is 0 Å². The highest BCUT2D eigenvalue weighted by Crippen LogP contribution is 2.23. The van der Waals surface area contributed by atoms with E-state index in [0.29, 0.717) is 5.56 Å². The zero-order chi connectivity index (χ0) is 26.3. The van der Waals surface area contributed by atoms with Gasteiger partial charge in [0.1, 0.15) is 0 Å². The highest BCUT2D eigenvalue weighted by molar-refractivity contribution is 5.95. The Kier molecular flexibility index (Phi) is 8.15. The number of hydrogen-bond donors (Lipinski definition) is 1. The van der Waals surface area contributed by atoms with Gasteiger partial charge in [-0.25, -0.2) is 5.43 Å². The Bertz CT molecular complexity index is 1370. The summed E-state index contributed by atoms with van der Waals surface area (Å²) in [7, 11) is 0. The minimum absolute atomic E-state index is 0.202. The van der Waals surface area contributed by atoms with E-state index in [9.17, 15) is 4.79 Å². The van der Waals surface area contributed by atoms with Crippen molar-refractivity contribution in [2.24, 2.45) is 11.0 Å². The molecule has 2 heterocycles. The number of rotatable bonds is 8. The van der Waals surface area contributed by atoms with Crippen LogP contribution in [0.4, 0.5) is 0 Å². The summed E-state index contributed by atoms with van der Waals surface area (Å²) in [5.74, 6) is 0.566. The molecule has 194 valence electrons. The predicted molar refractivity (Wildman–Crippen MR) is 155 cm³/mol. The summed E-state index contributed by atoms with van der Waals surface area (Å²) in [5.41, 5.74) is 10.3. The summed E-state index contributed by atoms with van der Waals surface area (Å²) in [6, 6.07) is 31.0. The van der Waals surface area contributed by atoms with Gasteiger partial charge < -0.3 is 4.57 Å². The molecule has 0 bridgehead atoms. The fourth-order valence-corrected chi connectivity index (χ4v) is 5.43. The lowest BCUT2D eigenvalue weighted by molar-refractivity contribution is 0.0955. The molecule has 3 aromatic carbocycles. The van der Waals surface area contributed by atoms with Crippen LogP contribution < -0.4 is 5.43 Å². The van der Waals surface area contributed by atoms with Crippen LogP contribution in [0.15, 0.2) is 96.1 Å². The molecule has 0 saturated carbocycles. The van der Waals surface area contributed by atoms with Gasteiger partial charge in [0, 0.05) is 34.7 Å². The first kappa shape index (κ1) is 25.7. The molecular formula is C33H36N4O. The average molecular weight is 505 g/mol. The Labute approximate surface area is 225 Å². The van der Waals surface area contributed by atoms with Gasteiger partial charge in [-0.2, -0.15) is 5.10 Å². The second-order valence-electron chi connectivity index (χ2n) is 10.3. The molecule has 1 aliphatic rings. The van der Waals surface area contributed by atoms with E-state index in [1.165, 1.54) is 30.4 Å². The topological polar surface area (TPSA) is 49.6 Å². The van der Waals surface area contributed by atoms with Crippen molar-refractivity contribution in [1.29, 1.82) is 0 Å². The SMILES string of the molecule is Cc1cc(/C=N\NC(=O)c2ccc(CN3CCC(Cc4ccccc4)CC3)cc2)c(C)n1-c1ccccc1. The number of amides is 1. The minimum Gasteiger partial charge on any atom is -0.318 e. The van der Waals surface area contributed by atoms with Crippen LogP contribution >= 0.6 is 0 Å². The van der Waals surface area contributed by atoms with Crippen LogP contribution in [0.25, 0.3) is 5.69 Å². The number of hydrazone groups is 1. The Morgan fingerprint density at radius 1 is 0.895 bits per heavy atom. The van der Waals surface area contributed by atoms with Crippen LogP contribution in [-0.2, 0) is 13.0 Å². The van der Waals surface area contributed by atoms with Crippen LogP contribution in [-0.4, -0.2) is 34.7 Å². The third-order valence-corrected chi connectivity index (χ3v) is 7.55. The number of carbonyl (C=O) groups is 1. The summed E-state index contributed by atoms with van der Waals surface area (Å²) < 4.78 is 2.19. The van der Waals surface area contributed by atoms with Crippen molar-refractivity contribution in [2.45, 2.75) is 39.7 Å². The Hall–Kier alpha value is -3.96. The highest BCUT2D eigenvalue weighted by atomic mass is 16.2. The first-order valence-corrected chi connectivity index (χ1v) is 13.5. The molecule has 1 aromatic heterocycles. The third-order valence-electron chi connectivity index (χ3n) is 7.55. The van der Waals surface area contributed by atoms with Crippen LogP contribution in [0, 0.1) is 19.8 Å². The second-order valence-corrected chi connectivity index (χ2v) is 10.3. The Morgan fingerprint density at radius 2 is 1.55 bits per heavy atom. The molecule has 0 unspecified atom stereocenters. The summed E-state index contributed by atoms with van der Waals surface area (Å²) in [5, 5.41) is 4.23. The van der Waals surface area contributed by atoms with E-state index >= 15 is 0 Å². The molecule has 0 aliphatic carbocycles. The van der Waals surface area contributed by atoms with Crippen molar-refractivity contribution in [3.05, 3.63) is 125 Å². The fraction of sp³-hybridized carbons (Fsp3) is 0.273. The molecule has 1 fully saturated rings. The van der Waals surface area contributed by atoms with Gasteiger partial charge in [-0.3, -0.25) is 9.69 Å². The molecule has 1 saturated heterocycles. The first-order chi connectivity index (χ1) is 18.6. The van der Waals surface area contributed by atoms with Gasteiger partial charge in [-0.05, 0) is 93.6 Å². The molecule has 5 rings (SSSR count). The maximum absolute atomic E-state index is 12.7. The van der Waals surface area contributed by atoms with E-state index in [-0.39, 0.29) is 5.91 Å². The van der Waals surface area contributed by atoms with Gasteiger partial charge in [0.15, 0.2) is 0 Å². The summed E-state index contributed by atoms with van der Waals surface area (Å²) >= 11 is 0. The lowest BCUT2D eigenvalue weighted by Gasteiger charge is -2.32. The largest absolute Gasteiger partial charge is 0.318 e. The molecule has 4 aromatic rings. The van der Waals surface area contributed by atoms with Gasteiger partial charge in [-0.1, -0.05) is 60.7 Å². The molecule has 1 N–H and O–H groups in total. The van der Waals surface area contributed by atoms with E-state index in [4.69, 9.17) is 0 Å². The van der Waals surface area contributed by atoms with E-state index in [0.717, 1.165) is 48.2 Å². The molecule has 5 nitrogen and oxygen atoms in total. The van der Waals surface area contributed by atoms with Crippen LogP contribution in [0.5, 0.6) is 0 Å². The fourth-order valence-electron chi connectivity index (χ4n) is 5.43. The quantitative estimate of drug-likeness (QED) is 0.226. The van der Waals surface area contributed by atoms with Gasteiger partial charge in [0.2, 0.25) is 0 Å². The summed E-state index contributed by atoms with van der Waals surface area (Å²) in [6.07, 6.45) is 5.37. The lowest BCUT2D eigenvalue weighted by atomic mass is 9.90. The molecule has 1 amide bonds. The molecular weight excluding hydrogens is 468 g/mol. The van der Waals surface area contributed by atoms with Crippen molar-refractivity contribution < 1.29 is 4.79 Å². The van der Waals surface area contributed by atoms with Crippen molar-refractivity contribution in [2.75, 3.05) is 13.1 Å². The number of carbonyl (C=O) groups excluding carboxylic acids is 1. The minimum atomic E-state index is -0.202. The highest BCUT2D eigenvalue weighted by Gasteiger charge is 2.19. The van der Waals surface area contributed by atoms with Crippen molar-refractivity contribution in [3.8, 4) is 5.69 Å². The molecule has 5 heteroatoms. The standard InChI is InChI=1S/C33H36N4O/c1-25-21-31(26(2)37(25)32-11-7-4-8-12-32)23-34-35-33(38)30-15-13-29(14-16-30)24-36-19-17-28(18-20-36)22-27-9-5-3-6-10-27/h3-16,21,23,28H,17-20,22,24H2,1-2H3,(H,35,38)/b34-23-. The molecule has 0 spiro atoms. The maximum Gasteiger partial charge on any atom is 0.271 e. The molecule has 0 atom stereocenters. The monoisotopic (exact) mass is 504 g/mol. The number of piperidine rings is 1. The lowest BCUT2D eigenvalue weighted by Crippen LogP contribution is -2.33. The smallest absolute Gasteiger partial charge is 0.271 e. The number of aromatic nitrogens is 1. The van der Waals surface area contributed by atoms with Gasteiger partial charge in [-0.15, -0.1) is 0 Å². The van der Waals surface area contributed by atoms with Crippen molar-refractivity contribution >= 4 is 12.1 Å². The number of aryl methyl sites for hydroxylation is 1. The number of para-hydroxylation sites is 1. The molecule has 0 radical (unpaired) electrons. The van der Waals surface area contributed by atoms with E-state index < -0.39 is 0 Å². The van der Waals surface area contributed by atoms with Gasteiger partial charge >= 0.3 is 0 Å². The van der Waals surface area contributed by atoms with Crippen LogP contribution in [0.1, 0.15) is 51.3 Å². The average Bonchev–Trinajstić information content (AvgIpc) is 3.23. The Morgan fingerprint density at radius 3 is 2.24 bits per heavy atom. The second kappa shape index (κ2) is 12.1. The van der Waals surface area contributed by atoms with Gasteiger partial charge in [0.25, 0.3) is 5.91 Å². The number of hydrogen-bond acceptors (Lipinski definition) is 3. The Balaban J connectivity index is 1.11. The number of nitrogens with zero attached hydrogens (tertiary/aromatic N) is 3. The van der Waals surface area contributed by atoms with Crippen molar-refractivity contribution in [3.63, 3.8) is 0 Å². The molecule has 38 heavy (non-hydrogen) atoms. The third kappa shape index (κ3) is 6.29. The van der Waals surface area contributed by atoms with E-state index in [1.54, 1.807) is 6.21 Å². The predicted octanol–water partition coefficient (Wildman–Crippen LogP) is 6.31. The normalized spacial score (nSPS) is 14.7. The zero-order valence-electron chi connectivity index (χ0n) is 22.3. The van der Waals surface area contributed by atoms with Crippen LogP contribution in [0.2, 0.25) is 0 Å². The zero-order valence-corrected chi connectivity index (χ0v) is 22.3. The van der Waals surface area contributed by atoms with Gasteiger partial charge in [0.05, 0.1) is 6.21 Å². The van der Waals surface area contributed by atoms with E-state index in [2.05, 4.69) is 94.5 Å². The first-order valence-electron chi connectivity index (χ1n) is 13.5. The number of benzene rings is 3. The summed E-state index contributed by atoms with van der Waals surface area (Å²) in [4.78, 5) is 15.2. The number of nitrogens with one attached hydrogen (secondary N) is 1. The summed E-state index contributed by atoms with van der Waals surface area (Å²) in [6.45, 7) is 7.31. The molecule has 1 aliphatic heterocycles. The van der Waals surface area contributed by atoms with Crippen molar-refractivity contribution in [1.82, 2.24) is 14.9 Å². The number of likely N-dealkylation sites (tertiary alicyclic amines) is 1.